The molecule has 0 spiro atoms. The third kappa shape index (κ3) is 5.91. The van der Waals surface area contributed by atoms with Gasteiger partial charge in [-0.3, -0.25) is 4.79 Å². The van der Waals surface area contributed by atoms with E-state index in [-0.39, 0.29) is 5.56 Å². The van der Waals surface area contributed by atoms with Crippen LogP contribution in [-0.2, 0) is 10.8 Å². The standard InChI is InChI=1S/C21H24F3N3O2.C2H6/c1-13-11-19(27-9-7-15(22)8-10-27)17(12-18(13)25)20(28)26-16-5-3-14(4-6-16)21(23,24)29-2;1-2/h3-6,11-12,15H,7-10,25H2,1-2H3,(H,26,28);1-2H3. The van der Waals surface area contributed by atoms with E-state index in [0.29, 0.717) is 48.6 Å². The number of benzene rings is 2. The van der Waals surface area contributed by atoms with Crippen LogP contribution in [0.4, 0.5) is 30.2 Å². The van der Waals surface area contributed by atoms with E-state index in [4.69, 9.17) is 5.73 Å². The van der Waals surface area contributed by atoms with E-state index in [2.05, 4.69) is 10.1 Å². The number of amides is 1. The number of aryl methyl sites for hydroxylation is 1. The smallest absolute Gasteiger partial charge is 0.383 e. The van der Waals surface area contributed by atoms with E-state index in [0.717, 1.165) is 12.7 Å². The van der Waals surface area contributed by atoms with Gasteiger partial charge in [0.15, 0.2) is 0 Å². The highest BCUT2D eigenvalue weighted by Gasteiger charge is 2.31. The lowest BCUT2D eigenvalue weighted by Gasteiger charge is -2.32. The Morgan fingerprint density at radius 3 is 2.29 bits per heavy atom. The molecule has 1 fully saturated rings. The lowest BCUT2D eigenvalue weighted by atomic mass is 10.0. The minimum Gasteiger partial charge on any atom is -0.398 e. The van der Waals surface area contributed by atoms with Crippen molar-refractivity contribution in [3.8, 4) is 0 Å². The lowest BCUT2D eigenvalue weighted by molar-refractivity contribution is -0.231. The highest BCUT2D eigenvalue weighted by molar-refractivity contribution is 6.09. The van der Waals surface area contributed by atoms with Crippen LogP contribution in [0.1, 0.15) is 48.2 Å². The molecule has 2 aromatic carbocycles. The van der Waals surface area contributed by atoms with Crippen molar-refractivity contribution in [1.29, 1.82) is 0 Å². The van der Waals surface area contributed by atoms with Gasteiger partial charge >= 0.3 is 6.11 Å². The van der Waals surface area contributed by atoms with Gasteiger partial charge in [0.05, 0.1) is 11.1 Å². The molecule has 1 saturated heterocycles. The van der Waals surface area contributed by atoms with Crippen LogP contribution in [0.15, 0.2) is 36.4 Å². The van der Waals surface area contributed by atoms with Crippen LogP contribution in [0.25, 0.3) is 0 Å². The number of nitrogens with two attached hydrogens (primary N) is 1. The predicted octanol–water partition coefficient (Wildman–Crippen LogP) is 5.49. The number of anilines is 3. The van der Waals surface area contributed by atoms with Crippen LogP contribution >= 0.6 is 0 Å². The van der Waals surface area contributed by atoms with E-state index in [1.807, 2.05) is 31.7 Å². The van der Waals surface area contributed by atoms with Gasteiger partial charge in [-0.25, -0.2) is 4.39 Å². The molecule has 2 aromatic rings. The van der Waals surface area contributed by atoms with Crippen molar-refractivity contribution in [1.82, 2.24) is 0 Å². The summed E-state index contributed by atoms with van der Waals surface area (Å²) >= 11 is 0. The second kappa shape index (κ2) is 10.5. The average Bonchev–Trinajstić information content (AvgIpc) is 2.77. The van der Waals surface area contributed by atoms with Gasteiger partial charge in [0, 0.05) is 37.3 Å². The minimum atomic E-state index is -3.40. The van der Waals surface area contributed by atoms with Crippen LogP contribution in [-0.4, -0.2) is 32.3 Å². The zero-order chi connectivity index (χ0) is 23.2. The minimum absolute atomic E-state index is 0.313. The van der Waals surface area contributed by atoms with Gasteiger partial charge in [0.25, 0.3) is 5.91 Å². The number of halogens is 3. The molecule has 3 N–H and O–H groups in total. The Balaban J connectivity index is 0.00000166. The first kappa shape index (κ1) is 24.5. The molecule has 0 aromatic heterocycles. The van der Waals surface area contributed by atoms with Crippen LogP contribution in [0.3, 0.4) is 0 Å². The summed E-state index contributed by atoms with van der Waals surface area (Å²) in [4.78, 5) is 14.9. The number of nitrogens with one attached hydrogen (secondary N) is 1. The van der Waals surface area contributed by atoms with E-state index in [1.165, 1.54) is 24.3 Å². The van der Waals surface area contributed by atoms with Crippen molar-refractivity contribution in [3.63, 3.8) is 0 Å². The molecule has 0 saturated carbocycles. The molecule has 0 radical (unpaired) electrons. The Hall–Kier alpha value is -2.74. The first-order valence-corrected chi connectivity index (χ1v) is 10.3. The molecule has 5 nitrogen and oxygen atoms in total. The van der Waals surface area contributed by atoms with Gasteiger partial charge in [0.1, 0.15) is 6.17 Å². The number of piperidine rings is 1. The largest absolute Gasteiger partial charge is 0.398 e. The first-order chi connectivity index (χ1) is 14.7. The number of carbonyl (C=O) groups is 1. The SMILES string of the molecule is CC.COC(F)(F)c1ccc(NC(=O)c2cc(N)c(C)cc2N2CCC(F)CC2)cc1. The fraction of sp³-hybridized carbons (Fsp3) is 0.435. The fourth-order valence-electron chi connectivity index (χ4n) is 3.31. The average molecular weight is 438 g/mol. The monoisotopic (exact) mass is 437 g/mol. The molecule has 31 heavy (non-hydrogen) atoms. The van der Waals surface area contributed by atoms with E-state index in [1.54, 1.807) is 6.07 Å². The van der Waals surface area contributed by atoms with Crippen molar-refractivity contribution in [3.05, 3.63) is 53.1 Å². The van der Waals surface area contributed by atoms with Crippen molar-refractivity contribution in [2.24, 2.45) is 0 Å². The summed E-state index contributed by atoms with van der Waals surface area (Å²) in [5.74, 6) is -0.416. The number of alkyl halides is 3. The van der Waals surface area contributed by atoms with Crippen molar-refractivity contribution >= 4 is 23.0 Å². The molecule has 1 aliphatic rings. The normalized spacial score (nSPS) is 14.6. The quantitative estimate of drug-likeness (QED) is 0.607. The number of nitrogen functional groups attached to an aromatic ring is 1. The summed E-state index contributed by atoms with van der Waals surface area (Å²) in [6.45, 7) is 6.86. The highest BCUT2D eigenvalue weighted by atomic mass is 19.3. The first-order valence-electron chi connectivity index (χ1n) is 10.3. The number of nitrogens with zero attached hydrogens (tertiary/aromatic N) is 1. The van der Waals surface area contributed by atoms with Gasteiger partial charge in [-0.1, -0.05) is 13.8 Å². The maximum Gasteiger partial charge on any atom is 0.383 e. The third-order valence-corrected chi connectivity index (χ3v) is 5.13. The lowest BCUT2D eigenvalue weighted by Crippen LogP contribution is -2.35. The Bertz CT molecular complexity index is 880. The Labute approximate surface area is 181 Å². The van der Waals surface area contributed by atoms with Gasteiger partial charge in [0.2, 0.25) is 0 Å². The third-order valence-electron chi connectivity index (χ3n) is 5.13. The van der Waals surface area contributed by atoms with E-state index < -0.39 is 18.2 Å². The van der Waals surface area contributed by atoms with E-state index in [9.17, 15) is 18.0 Å². The molecular weight excluding hydrogens is 407 g/mol. The van der Waals surface area contributed by atoms with Gasteiger partial charge in [-0.15, -0.1) is 0 Å². The predicted molar refractivity (Wildman–Crippen MR) is 119 cm³/mol. The molecule has 170 valence electrons. The van der Waals surface area contributed by atoms with Crippen LogP contribution in [0.2, 0.25) is 0 Å². The summed E-state index contributed by atoms with van der Waals surface area (Å²) in [5.41, 5.74) is 8.38. The molecule has 1 heterocycles. The zero-order valence-corrected chi connectivity index (χ0v) is 18.3. The van der Waals surface area contributed by atoms with Crippen molar-refractivity contribution in [2.45, 2.75) is 45.9 Å². The van der Waals surface area contributed by atoms with Crippen LogP contribution in [0, 0.1) is 6.92 Å². The molecule has 0 bridgehead atoms. The number of hydrogen-bond acceptors (Lipinski definition) is 4. The summed E-state index contributed by atoms with van der Waals surface area (Å²) in [7, 11) is 0.921. The second-order valence-corrected chi connectivity index (χ2v) is 7.14. The molecule has 0 aliphatic carbocycles. The van der Waals surface area contributed by atoms with E-state index >= 15 is 0 Å². The molecule has 0 atom stereocenters. The Morgan fingerprint density at radius 2 is 1.74 bits per heavy atom. The second-order valence-electron chi connectivity index (χ2n) is 7.14. The highest BCUT2D eigenvalue weighted by Crippen LogP contribution is 2.31. The molecular formula is C23H30F3N3O2. The molecule has 8 heteroatoms. The zero-order valence-electron chi connectivity index (χ0n) is 18.3. The molecule has 3 rings (SSSR count). The van der Waals surface area contributed by atoms with Crippen LogP contribution in [0.5, 0.6) is 0 Å². The van der Waals surface area contributed by atoms with Crippen molar-refractivity contribution in [2.75, 3.05) is 36.1 Å². The van der Waals surface area contributed by atoms with Crippen LogP contribution < -0.4 is 16.0 Å². The van der Waals surface area contributed by atoms with Crippen molar-refractivity contribution < 1.29 is 22.7 Å². The number of hydrogen-bond donors (Lipinski definition) is 2. The number of methoxy groups -OCH3 is 1. The molecule has 0 unspecified atom stereocenters. The summed E-state index contributed by atoms with van der Waals surface area (Å²) in [5, 5.41) is 2.71. The maximum atomic E-state index is 13.6. The number of carbonyl (C=O) groups excluding carboxylic acids is 1. The molecule has 1 amide bonds. The fourth-order valence-corrected chi connectivity index (χ4v) is 3.31. The summed E-state index contributed by atoms with van der Waals surface area (Å²) < 4.78 is 44.8. The summed E-state index contributed by atoms with van der Waals surface area (Å²) in [6.07, 6.45) is -3.43. The summed E-state index contributed by atoms with van der Waals surface area (Å²) in [6, 6.07) is 8.56. The maximum absolute atomic E-state index is 13.6. The number of ether oxygens (including phenoxy) is 1. The Morgan fingerprint density at radius 1 is 1.16 bits per heavy atom. The Kier molecular flexibility index (Phi) is 8.33. The topological polar surface area (TPSA) is 67.6 Å². The number of rotatable bonds is 5. The van der Waals surface area contributed by atoms with Gasteiger partial charge < -0.3 is 20.7 Å². The van der Waals surface area contributed by atoms with Gasteiger partial charge in [-0.2, -0.15) is 8.78 Å². The molecule has 1 aliphatic heterocycles. The van der Waals surface area contributed by atoms with Gasteiger partial charge in [-0.05, 0) is 61.7 Å².